The van der Waals surface area contributed by atoms with E-state index in [9.17, 15) is 5.11 Å². The lowest BCUT2D eigenvalue weighted by atomic mass is 10.0. The van der Waals surface area contributed by atoms with Crippen molar-refractivity contribution in [2.24, 2.45) is 0 Å². The highest BCUT2D eigenvalue weighted by Gasteiger charge is 2.14. The predicted molar refractivity (Wildman–Crippen MR) is 83.5 cm³/mol. The van der Waals surface area contributed by atoms with Crippen LogP contribution in [0.4, 0.5) is 5.69 Å². The molecule has 0 heterocycles. The quantitative estimate of drug-likeness (QED) is 0.884. The first-order valence-corrected chi connectivity index (χ1v) is 7.10. The SMILES string of the molecule is Cc1ccc(C(CO)Nc2ccccc2C)c(Br)c1. The summed E-state index contributed by atoms with van der Waals surface area (Å²) in [5.41, 5.74) is 4.48. The van der Waals surface area contributed by atoms with Gasteiger partial charge in [-0.25, -0.2) is 0 Å². The number of nitrogens with one attached hydrogen (secondary N) is 1. The molecule has 19 heavy (non-hydrogen) atoms. The van der Waals surface area contributed by atoms with E-state index in [0.29, 0.717) is 0 Å². The van der Waals surface area contributed by atoms with Crippen LogP contribution in [-0.4, -0.2) is 11.7 Å². The summed E-state index contributed by atoms with van der Waals surface area (Å²) in [5.74, 6) is 0. The van der Waals surface area contributed by atoms with Gasteiger partial charge in [0.1, 0.15) is 0 Å². The molecule has 0 bridgehead atoms. The van der Waals surface area contributed by atoms with Crippen molar-refractivity contribution in [3.8, 4) is 0 Å². The third-order valence-electron chi connectivity index (χ3n) is 3.19. The Balaban J connectivity index is 2.28. The van der Waals surface area contributed by atoms with E-state index in [-0.39, 0.29) is 12.6 Å². The molecule has 3 heteroatoms. The molecule has 0 radical (unpaired) electrons. The average molecular weight is 320 g/mol. The summed E-state index contributed by atoms with van der Waals surface area (Å²) in [6.45, 7) is 4.16. The first-order chi connectivity index (χ1) is 9.11. The van der Waals surface area contributed by atoms with Gasteiger partial charge in [-0.2, -0.15) is 0 Å². The zero-order valence-electron chi connectivity index (χ0n) is 11.2. The lowest BCUT2D eigenvalue weighted by Crippen LogP contribution is -2.16. The topological polar surface area (TPSA) is 32.3 Å². The number of hydrogen-bond donors (Lipinski definition) is 2. The summed E-state index contributed by atoms with van der Waals surface area (Å²) in [4.78, 5) is 0. The fourth-order valence-corrected chi connectivity index (χ4v) is 2.83. The third-order valence-corrected chi connectivity index (χ3v) is 3.88. The van der Waals surface area contributed by atoms with Crippen LogP contribution < -0.4 is 5.32 Å². The molecule has 0 amide bonds. The zero-order valence-corrected chi connectivity index (χ0v) is 12.7. The summed E-state index contributed by atoms with van der Waals surface area (Å²) in [6, 6.07) is 14.1. The minimum atomic E-state index is -0.115. The number of benzene rings is 2. The van der Waals surface area contributed by atoms with Crippen LogP contribution in [0.5, 0.6) is 0 Å². The Morgan fingerprint density at radius 3 is 2.53 bits per heavy atom. The van der Waals surface area contributed by atoms with Crippen LogP contribution in [0.15, 0.2) is 46.9 Å². The summed E-state index contributed by atoms with van der Waals surface area (Å²) in [6.07, 6.45) is 0. The predicted octanol–water partition coefficient (Wildman–Crippen LogP) is 4.21. The average Bonchev–Trinajstić information content (AvgIpc) is 2.39. The van der Waals surface area contributed by atoms with Crippen molar-refractivity contribution in [2.75, 3.05) is 11.9 Å². The molecule has 1 unspecified atom stereocenters. The van der Waals surface area contributed by atoms with E-state index >= 15 is 0 Å². The van der Waals surface area contributed by atoms with Crippen molar-refractivity contribution in [1.82, 2.24) is 0 Å². The van der Waals surface area contributed by atoms with Crippen molar-refractivity contribution in [2.45, 2.75) is 19.9 Å². The zero-order chi connectivity index (χ0) is 13.8. The molecule has 2 aromatic carbocycles. The molecule has 0 aromatic heterocycles. The van der Waals surface area contributed by atoms with Gasteiger partial charge in [0.2, 0.25) is 0 Å². The molecule has 2 aromatic rings. The van der Waals surface area contributed by atoms with Crippen LogP contribution in [0, 0.1) is 13.8 Å². The van der Waals surface area contributed by atoms with Gasteiger partial charge < -0.3 is 10.4 Å². The number of aliphatic hydroxyl groups excluding tert-OH is 1. The van der Waals surface area contributed by atoms with E-state index in [0.717, 1.165) is 15.7 Å². The number of halogens is 1. The molecule has 100 valence electrons. The van der Waals surface area contributed by atoms with E-state index in [2.05, 4.69) is 53.3 Å². The van der Waals surface area contributed by atoms with Gasteiger partial charge in [-0.1, -0.05) is 46.3 Å². The monoisotopic (exact) mass is 319 g/mol. The molecular weight excluding hydrogens is 302 g/mol. The minimum Gasteiger partial charge on any atom is -0.394 e. The third kappa shape index (κ3) is 3.37. The number of aliphatic hydroxyl groups is 1. The Morgan fingerprint density at radius 1 is 1.16 bits per heavy atom. The van der Waals surface area contributed by atoms with Crippen LogP contribution in [0.1, 0.15) is 22.7 Å². The molecular formula is C16H18BrNO. The standard InChI is InChI=1S/C16H18BrNO/c1-11-7-8-13(14(17)9-11)16(10-19)18-15-6-4-3-5-12(15)2/h3-9,16,18-19H,10H2,1-2H3. The van der Waals surface area contributed by atoms with Crippen molar-refractivity contribution >= 4 is 21.6 Å². The molecule has 0 spiro atoms. The molecule has 1 atom stereocenters. The second kappa shape index (κ2) is 6.22. The van der Waals surface area contributed by atoms with Crippen LogP contribution in [-0.2, 0) is 0 Å². The fraction of sp³-hybridized carbons (Fsp3) is 0.250. The fourth-order valence-electron chi connectivity index (χ4n) is 2.06. The maximum absolute atomic E-state index is 9.64. The number of hydrogen-bond acceptors (Lipinski definition) is 2. The smallest absolute Gasteiger partial charge is 0.0755 e. The molecule has 0 saturated carbocycles. The molecule has 0 aliphatic heterocycles. The molecule has 2 rings (SSSR count). The van der Waals surface area contributed by atoms with Crippen LogP contribution in [0.3, 0.4) is 0 Å². The van der Waals surface area contributed by atoms with Gasteiger partial charge in [0.05, 0.1) is 12.6 Å². The summed E-state index contributed by atoms with van der Waals surface area (Å²) < 4.78 is 1.02. The molecule has 2 N–H and O–H groups in total. The Morgan fingerprint density at radius 2 is 1.89 bits per heavy atom. The lowest BCUT2D eigenvalue weighted by molar-refractivity contribution is 0.276. The highest BCUT2D eigenvalue weighted by atomic mass is 79.9. The second-order valence-electron chi connectivity index (χ2n) is 4.72. The van der Waals surface area contributed by atoms with E-state index in [1.807, 2.05) is 24.3 Å². The molecule has 2 nitrogen and oxygen atoms in total. The first-order valence-electron chi connectivity index (χ1n) is 6.31. The molecule has 0 aliphatic rings. The first kappa shape index (κ1) is 14.1. The van der Waals surface area contributed by atoms with E-state index in [4.69, 9.17) is 0 Å². The van der Waals surface area contributed by atoms with Crippen molar-refractivity contribution < 1.29 is 5.11 Å². The Hall–Kier alpha value is -1.32. The van der Waals surface area contributed by atoms with E-state index in [1.165, 1.54) is 11.1 Å². The van der Waals surface area contributed by atoms with Gasteiger partial charge in [0, 0.05) is 10.2 Å². The van der Waals surface area contributed by atoms with Crippen LogP contribution in [0.2, 0.25) is 0 Å². The van der Waals surface area contributed by atoms with Gasteiger partial charge in [-0.05, 0) is 42.7 Å². The van der Waals surface area contributed by atoms with Gasteiger partial charge >= 0.3 is 0 Å². The minimum absolute atomic E-state index is 0.0516. The van der Waals surface area contributed by atoms with Crippen LogP contribution >= 0.6 is 15.9 Å². The maximum Gasteiger partial charge on any atom is 0.0755 e. The van der Waals surface area contributed by atoms with Crippen molar-refractivity contribution in [3.05, 3.63) is 63.6 Å². The number of rotatable bonds is 4. The van der Waals surface area contributed by atoms with Gasteiger partial charge in [-0.3, -0.25) is 0 Å². The maximum atomic E-state index is 9.64. The van der Waals surface area contributed by atoms with Crippen molar-refractivity contribution in [3.63, 3.8) is 0 Å². The highest BCUT2D eigenvalue weighted by molar-refractivity contribution is 9.10. The second-order valence-corrected chi connectivity index (χ2v) is 5.57. The molecule has 0 fully saturated rings. The normalized spacial score (nSPS) is 12.2. The molecule has 0 aliphatic carbocycles. The Kier molecular flexibility index (Phi) is 4.61. The van der Waals surface area contributed by atoms with E-state index in [1.54, 1.807) is 0 Å². The summed E-state index contributed by atoms with van der Waals surface area (Å²) in [7, 11) is 0. The molecule has 0 saturated heterocycles. The Bertz CT molecular complexity index is 568. The number of anilines is 1. The largest absolute Gasteiger partial charge is 0.394 e. The summed E-state index contributed by atoms with van der Waals surface area (Å²) >= 11 is 3.57. The lowest BCUT2D eigenvalue weighted by Gasteiger charge is -2.21. The van der Waals surface area contributed by atoms with E-state index < -0.39 is 0 Å². The van der Waals surface area contributed by atoms with Gasteiger partial charge in [0.15, 0.2) is 0 Å². The van der Waals surface area contributed by atoms with Gasteiger partial charge in [-0.15, -0.1) is 0 Å². The highest BCUT2D eigenvalue weighted by Crippen LogP contribution is 2.28. The van der Waals surface area contributed by atoms with Crippen LogP contribution in [0.25, 0.3) is 0 Å². The number of para-hydroxylation sites is 1. The Labute approximate surface area is 122 Å². The van der Waals surface area contributed by atoms with Gasteiger partial charge in [0.25, 0.3) is 0 Å². The number of aryl methyl sites for hydroxylation is 2. The van der Waals surface area contributed by atoms with Crippen molar-refractivity contribution in [1.29, 1.82) is 0 Å². The summed E-state index contributed by atoms with van der Waals surface area (Å²) in [5, 5.41) is 13.0.